The summed E-state index contributed by atoms with van der Waals surface area (Å²) in [5, 5.41) is 3.68. The zero-order valence-corrected chi connectivity index (χ0v) is 13.8. The average Bonchev–Trinajstić information content (AvgIpc) is 2.79. The van der Waals surface area contributed by atoms with E-state index < -0.39 is 0 Å². The Labute approximate surface area is 124 Å². The van der Waals surface area contributed by atoms with Crippen LogP contribution in [-0.4, -0.2) is 25.2 Å². The van der Waals surface area contributed by atoms with E-state index in [2.05, 4.69) is 69.1 Å². The van der Waals surface area contributed by atoms with Crippen LogP contribution < -0.4 is 10.2 Å². The van der Waals surface area contributed by atoms with Crippen LogP contribution in [0.15, 0.2) is 24.3 Å². The third kappa shape index (κ3) is 3.76. The van der Waals surface area contributed by atoms with Crippen LogP contribution in [0.2, 0.25) is 0 Å². The van der Waals surface area contributed by atoms with Crippen LogP contribution >= 0.6 is 0 Å². The fourth-order valence-corrected chi connectivity index (χ4v) is 2.80. The first-order chi connectivity index (χ1) is 9.33. The summed E-state index contributed by atoms with van der Waals surface area (Å²) in [6.07, 6.45) is 2.40. The first-order valence-electron chi connectivity index (χ1n) is 7.91. The maximum Gasteiger partial charge on any atom is 0.0399 e. The molecule has 1 N–H and O–H groups in total. The van der Waals surface area contributed by atoms with Crippen molar-refractivity contribution in [1.82, 2.24) is 5.32 Å². The van der Waals surface area contributed by atoms with Gasteiger partial charge in [-0.1, -0.05) is 32.0 Å². The predicted molar refractivity (Wildman–Crippen MR) is 88.5 cm³/mol. The van der Waals surface area contributed by atoms with Crippen LogP contribution in [-0.2, 0) is 6.42 Å². The average molecular weight is 274 g/mol. The summed E-state index contributed by atoms with van der Waals surface area (Å²) in [5.74, 6) is 0. The summed E-state index contributed by atoms with van der Waals surface area (Å²) in [6.45, 7) is 14.8. The molecular formula is C18H30N2. The van der Waals surface area contributed by atoms with Crippen LogP contribution in [0.4, 0.5) is 5.69 Å². The van der Waals surface area contributed by atoms with E-state index in [1.54, 1.807) is 0 Å². The molecule has 1 aliphatic rings. The van der Waals surface area contributed by atoms with Gasteiger partial charge in [-0.3, -0.25) is 0 Å². The molecule has 0 aromatic heterocycles. The molecule has 1 unspecified atom stereocenters. The van der Waals surface area contributed by atoms with Gasteiger partial charge in [0.2, 0.25) is 0 Å². The molecule has 1 aromatic carbocycles. The van der Waals surface area contributed by atoms with Gasteiger partial charge < -0.3 is 10.2 Å². The summed E-state index contributed by atoms with van der Waals surface area (Å²) in [6, 6.07) is 8.86. The Bertz CT molecular complexity index is 447. The van der Waals surface area contributed by atoms with Gasteiger partial charge in [0.25, 0.3) is 0 Å². The minimum Gasteiger partial charge on any atom is -0.370 e. The molecule has 1 aliphatic heterocycles. The molecule has 0 saturated carbocycles. The standard InChI is InChI=1S/C18H30N2/c1-6-18(5,13-19-17(2,3)4)14-20-12-11-15-9-7-8-10-16(15)20/h7-10,19H,6,11-14H2,1-5H3. The molecule has 1 heterocycles. The van der Waals surface area contributed by atoms with E-state index >= 15 is 0 Å². The second kappa shape index (κ2) is 5.77. The highest BCUT2D eigenvalue weighted by molar-refractivity contribution is 5.57. The smallest absolute Gasteiger partial charge is 0.0399 e. The van der Waals surface area contributed by atoms with E-state index in [-0.39, 0.29) is 5.54 Å². The highest BCUT2D eigenvalue weighted by Crippen LogP contribution is 2.32. The van der Waals surface area contributed by atoms with Gasteiger partial charge in [-0.25, -0.2) is 0 Å². The third-order valence-corrected chi connectivity index (χ3v) is 4.45. The molecule has 0 saturated heterocycles. The van der Waals surface area contributed by atoms with Crippen molar-refractivity contribution in [2.24, 2.45) is 5.41 Å². The zero-order chi connectivity index (χ0) is 14.8. The SMILES string of the molecule is CCC(C)(CNC(C)(C)C)CN1CCc2ccccc21. The van der Waals surface area contributed by atoms with Gasteiger partial charge in [0.15, 0.2) is 0 Å². The van der Waals surface area contributed by atoms with E-state index in [1.165, 1.54) is 30.6 Å². The van der Waals surface area contributed by atoms with Crippen molar-refractivity contribution in [2.45, 2.75) is 53.0 Å². The van der Waals surface area contributed by atoms with Crippen molar-refractivity contribution in [1.29, 1.82) is 0 Å². The van der Waals surface area contributed by atoms with Crippen molar-refractivity contribution in [2.75, 3.05) is 24.5 Å². The number of nitrogens with one attached hydrogen (secondary N) is 1. The molecule has 0 spiro atoms. The minimum atomic E-state index is 0.194. The van der Waals surface area contributed by atoms with Crippen molar-refractivity contribution in [3.05, 3.63) is 29.8 Å². The van der Waals surface area contributed by atoms with Crippen LogP contribution in [0.1, 0.15) is 46.6 Å². The van der Waals surface area contributed by atoms with Crippen molar-refractivity contribution < 1.29 is 0 Å². The van der Waals surface area contributed by atoms with Gasteiger partial charge >= 0.3 is 0 Å². The molecule has 0 amide bonds. The molecule has 0 bridgehead atoms. The first-order valence-corrected chi connectivity index (χ1v) is 7.91. The minimum absolute atomic E-state index is 0.194. The Balaban J connectivity index is 2.04. The lowest BCUT2D eigenvalue weighted by atomic mass is 9.85. The van der Waals surface area contributed by atoms with E-state index in [9.17, 15) is 0 Å². The topological polar surface area (TPSA) is 15.3 Å². The van der Waals surface area contributed by atoms with Gasteiger partial charge in [0.05, 0.1) is 0 Å². The molecule has 2 rings (SSSR count). The second-order valence-corrected chi connectivity index (χ2v) is 7.57. The molecule has 0 aliphatic carbocycles. The Morgan fingerprint density at radius 3 is 2.50 bits per heavy atom. The number of hydrogen-bond acceptors (Lipinski definition) is 2. The molecule has 1 aromatic rings. The molecule has 1 atom stereocenters. The lowest BCUT2D eigenvalue weighted by molar-refractivity contribution is 0.260. The number of para-hydroxylation sites is 1. The third-order valence-electron chi connectivity index (χ3n) is 4.45. The number of fused-ring (bicyclic) bond motifs is 1. The highest BCUT2D eigenvalue weighted by Gasteiger charge is 2.29. The van der Waals surface area contributed by atoms with Crippen molar-refractivity contribution in [3.63, 3.8) is 0 Å². The largest absolute Gasteiger partial charge is 0.370 e. The van der Waals surface area contributed by atoms with Crippen molar-refractivity contribution in [3.8, 4) is 0 Å². The zero-order valence-electron chi connectivity index (χ0n) is 13.8. The molecule has 112 valence electrons. The van der Waals surface area contributed by atoms with Crippen LogP contribution in [0.3, 0.4) is 0 Å². The summed E-state index contributed by atoms with van der Waals surface area (Å²) < 4.78 is 0. The lowest BCUT2D eigenvalue weighted by Crippen LogP contribution is -2.47. The summed E-state index contributed by atoms with van der Waals surface area (Å²) in [5.41, 5.74) is 3.47. The summed E-state index contributed by atoms with van der Waals surface area (Å²) in [4.78, 5) is 2.57. The fourth-order valence-electron chi connectivity index (χ4n) is 2.80. The highest BCUT2D eigenvalue weighted by atomic mass is 15.2. The summed E-state index contributed by atoms with van der Waals surface area (Å²) >= 11 is 0. The second-order valence-electron chi connectivity index (χ2n) is 7.57. The number of rotatable bonds is 5. The number of nitrogens with zero attached hydrogens (tertiary/aromatic N) is 1. The Hall–Kier alpha value is -1.02. The maximum absolute atomic E-state index is 3.68. The maximum atomic E-state index is 3.68. The number of hydrogen-bond donors (Lipinski definition) is 1. The lowest BCUT2D eigenvalue weighted by Gasteiger charge is -2.37. The van der Waals surface area contributed by atoms with Gasteiger partial charge in [-0.15, -0.1) is 0 Å². The fraction of sp³-hybridized carbons (Fsp3) is 0.667. The Morgan fingerprint density at radius 2 is 1.85 bits per heavy atom. The van der Waals surface area contributed by atoms with Crippen LogP contribution in [0.5, 0.6) is 0 Å². The normalized spacial score (nSPS) is 17.9. The van der Waals surface area contributed by atoms with Crippen LogP contribution in [0.25, 0.3) is 0 Å². The van der Waals surface area contributed by atoms with Gasteiger partial charge in [0, 0.05) is 30.9 Å². The van der Waals surface area contributed by atoms with Gasteiger partial charge in [-0.05, 0) is 50.7 Å². The van der Waals surface area contributed by atoms with Gasteiger partial charge in [0.1, 0.15) is 0 Å². The van der Waals surface area contributed by atoms with E-state index in [0.29, 0.717) is 5.41 Å². The molecule has 2 heteroatoms. The summed E-state index contributed by atoms with van der Waals surface area (Å²) in [7, 11) is 0. The molecule has 20 heavy (non-hydrogen) atoms. The molecular weight excluding hydrogens is 244 g/mol. The Morgan fingerprint density at radius 1 is 1.15 bits per heavy atom. The molecule has 0 radical (unpaired) electrons. The predicted octanol–water partition coefficient (Wildman–Crippen LogP) is 3.85. The van der Waals surface area contributed by atoms with E-state index in [0.717, 1.165) is 13.1 Å². The molecule has 0 fully saturated rings. The first kappa shape index (κ1) is 15.4. The number of anilines is 1. The Kier molecular flexibility index (Phi) is 4.43. The van der Waals surface area contributed by atoms with E-state index in [4.69, 9.17) is 0 Å². The van der Waals surface area contributed by atoms with E-state index in [1.807, 2.05) is 0 Å². The quantitative estimate of drug-likeness (QED) is 0.877. The number of benzene rings is 1. The van der Waals surface area contributed by atoms with Gasteiger partial charge in [-0.2, -0.15) is 0 Å². The van der Waals surface area contributed by atoms with Crippen LogP contribution in [0, 0.1) is 5.41 Å². The molecule has 2 nitrogen and oxygen atoms in total. The monoisotopic (exact) mass is 274 g/mol. The van der Waals surface area contributed by atoms with Crippen molar-refractivity contribution >= 4 is 5.69 Å².